The maximum Gasteiger partial charge on any atom is 0.224 e. The molecule has 0 fully saturated rings. The highest BCUT2D eigenvalue weighted by molar-refractivity contribution is 5.94. The lowest BCUT2D eigenvalue weighted by atomic mass is 9.98. The second-order valence-electron chi connectivity index (χ2n) is 2.99. The Bertz CT molecular complexity index is 404. The van der Waals surface area contributed by atoms with E-state index in [1.165, 1.54) is 0 Å². The Kier molecular flexibility index (Phi) is 1.75. The van der Waals surface area contributed by atoms with Gasteiger partial charge in [-0.3, -0.25) is 4.79 Å². The predicted molar refractivity (Wildman–Crippen MR) is 48.1 cm³/mol. The Morgan fingerprint density at radius 3 is 3.00 bits per heavy atom. The molecule has 13 heavy (non-hydrogen) atoms. The first-order chi connectivity index (χ1) is 6.31. The summed E-state index contributed by atoms with van der Waals surface area (Å²) in [6.45, 7) is 0. The highest BCUT2D eigenvalue weighted by Gasteiger charge is 2.16. The van der Waals surface area contributed by atoms with Gasteiger partial charge < -0.3 is 5.32 Å². The molecule has 0 atom stereocenters. The third kappa shape index (κ3) is 1.27. The van der Waals surface area contributed by atoms with Crippen molar-refractivity contribution < 1.29 is 4.79 Å². The van der Waals surface area contributed by atoms with Crippen LogP contribution in [0, 0.1) is 11.3 Å². The molecule has 1 aromatic carbocycles. The van der Waals surface area contributed by atoms with Crippen LogP contribution in [0.2, 0.25) is 0 Å². The summed E-state index contributed by atoms with van der Waals surface area (Å²) in [6.07, 6.45) is 1.15. The van der Waals surface area contributed by atoms with Crippen molar-refractivity contribution in [3.63, 3.8) is 0 Å². The molecule has 1 heterocycles. The molecule has 0 saturated heterocycles. The van der Waals surface area contributed by atoms with Crippen molar-refractivity contribution in [2.75, 3.05) is 5.32 Å². The number of carbonyl (C=O) groups excluding carboxylic acids is 1. The van der Waals surface area contributed by atoms with Crippen molar-refractivity contribution >= 4 is 11.6 Å². The number of nitrogens with zero attached hydrogens (tertiary/aromatic N) is 1. The number of fused-ring (bicyclic) bond motifs is 1. The van der Waals surface area contributed by atoms with Gasteiger partial charge in [0.25, 0.3) is 0 Å². The predicted octanol–water partition coefficient (Wildman–Crippen LogP) is 1.44. The fourth-order valence-electron chi connectivity index (χ4n) is 1.53. The van der Waals surface area contributed by atoms with Gasteiger partial charge in [0, 0.05) is 12.1 Å². The fourth-order valence-corrected chi connectivity index (χ4v) is 1.53. The summed E-state index contributed by atoms with van der Waals surface area (Å²) in [5, 5.41) is 11.5. The van der Waals surface area contributed by atoms with E-state index in [1.807, 2.05) is 6.07 Å². The van der Waals surface area contributed by atoms with Gasteiger partial charge in [-0.15, -0.1) is 0 Å². The van der Waals surface area contributed by atoms with Gasteiger partial charge in [0.1, 0.15) is 0 Å². The Morgan fingerprint density at radius 1 is 1.38 bits per heavy atom. The van der Waals surface area contributed by atoms with Crippen molar-refractivity contribution in [3.05, 3.63) is 29.3 Å². The molecule has 0 saturated carbocycles. The normalized spacial score (nSPS) is 14.2. The number of hydrogen-bond acceptors (Lipinski definition) is 2. The average Bonchev–Trinajstić information content (AvgIpc) is 2.16. The van der Waals surface area contributed by atoms with Crippen LogP contribution in [0.4, 0.5) is 5.69 Å². The zero-order valence-corrected chi connectivity index (χ0v) is 7.00. The molecule has 64 valence electrons. The second kappa shape index (κ2) is 2.91. The summed E-state index contributed by atoms with van der Waals surface area (Å²) in [5.41, 5.74) is 2.41. The molecule has 1 aliphatic rings. The maximum atomic E-state index is 11.0. The van der Waals surface area contributed by atoms with E-state index in [0.29, 0.717) is 18.4 Å². The number of rotatable bonds is 0. The summed E-state index contributed by atoms with van der Waals surface area (Å²) < 4.78 is 0. The standard InChI is InChI=1S/C10H8N2O/c11-6-7-2-1-3-9-8(7)4-5-10(13)12-9/h1-3H,4-5H2,(H,12,13). The molecule has 2 rings (SSSR count). The molecule has 0 aromatic heterocycles. The van der Waals surface area contributed by atoms with Crippen LogP contribution in [-0.4, -0.2) is 5.91 Å². The van der Waals surface area contributed by atoms with Crippen molar-refractivity contribution in [3.8, 4) is 6.07 Å². The van der Waals surface area contributed by atoms with Gasteiger partial charge in [0.2, 0.25) is 5.91 Å². The number of nitrogens with one attached hydrogen (secondary N) is 1. The third-order valence-corrected chi connectivity index (χ3v) is 2.17. The Hall–Kier alpha value is -1.82. The maximum absolute atomic E-state index is 11.0. The van der Waals surface area contributed by atoms with E-state index >= 15 is 0 Å². The largest absolute Gasteiger partial charge is 0.326 e. The van der Waals surface area contributed by atoms with Gasteiger partial charge in [0.15, 0.2) is 0 Å². The van der Waals surface area contributed by atoms with E-state index < -0.39 is 0 Å². The lowest BCUT2D eigenvalue weighted by Gasteiger charge is -2.16. The molecule has 0 aliphatic carbocycles. The van der Waals surface area contributed by atoms with Gasteiger partial charge in [0.05, 0.1) is 11.6 Å². The Labute approximate surface area is 76.0 Å². The first-order valence-corrected chi connectivity index (χ1v) is 4.13. The van der Waals surface area contributed by atoms with Crippen molar-refractivity contribution in [2.24, 2.45) is 0 Å². The van der Waals surface area contributed by atoms with Crippen LogP contribution >= 0.6 is 0 Å². The van der Waals surface area contributed by atoms with Crippen LogP contribution < -0.4 is 5.32 Å². The SMILES string of the molecule is N#Cc1cccc2c1CCC(=O)N2. The molecule has 1 N–H and O–H groups in total. The molecular weight excluding hydrogens is 164 g/mol. The minimum atomic E-state index is 0.0302. The third-order valence-electron chi connectivity index (χ3n) is 2.17. The fraction of sp³-hybridized carbons (Fsp3) is 0.200. The summed E-state index contributed by atoms with van der Waals surface area (Å²) >= 11 is 0. The Morgan fingerprint density at radius 2 is 2.23 bits per heavy atom. The smallest absolute Gasteiger partial charge is 0.224 e. The number of hydrogen-bond donors (Lipinski definition) is 1. The van der Waals surface area contributed by atoms with Gasteiger partial charge in [-0.05, 0) is 24.1 Å². The zero-order chi connectivity index (χ0) is 9.26. The van der Waals surface area contributed by atoms with Crippen LogP contribution in [0.1, 0.15) is 17.5 Å². The van der Waals surface area contributed by atoms with Crippen LogP contribution in [0.3, 0.4) is 0 Å². The summed E-state index contributed by atoms with van der Waals surface area (Å²) in [4.78, 5) is 11.0. The van der Waals surface area contributed by atoms with Gasteiger partial charge in [-0.1, -0.05) is 6.07 Å². The molecule has 1 aliphatic heterocycles. The van der Waals surface area contributed by atoms with Crippen LogP contribution in [-0.2, 0) is 11.2 Å². The molecule has 3 nitrogen and oxygen atoms in total. The van der Waals surface area contributed by atoms with Crippen LogP contribution in [0.5, 0.6) is 0 Å². The number of nitriles is 1. The summed E-state index contributed by atoms with van der Waals surface area (Å²) in [7, 11) is 0. The first kappa shape index (κ1) is 7.81. The van der Waals surface area contributed by atoms with E-state index in [4.69, 9.17) is 5.26 Å². The number of carbonyl (C=O) groups is 1. The number of amides is 1. The number of anilines is 1. The quantitative estimate of drug-likeness (QED) is 0.643. The van der Waals surface area contributed by atoms with Crippen molar-refractivity contribution in [1.29, 1.82) is 5.26 Å². The topological polar surface area (TPSA) is 52.9 Å². The first-order valence-electron chi connectivity index (χ1n) is 4.13. The minimum absolute atomic E-state index is 0.0302. The van der Waals surface area contributed by atoms with E-state index in [-0.39, 0.29) is 5.91 Å². The van der Waals surface area contributed by atoms with Crippen molar-refractivity contribution in [1.82, 2.24) is 0 Å². The average molecular weight is 172 g/mol. The van der Waals surface area contributed by atoms with Gasteiger partial charge in [-0.25, -0.2) is 0 Å². The van der Waals surface area contributed by atoms with Gasteiger partial charge >= 0.3 is 0 Å². The Balaban J connectivity index is 2.53. The monoisotopic (exact) mass is 172 g/mol. The molecule has 1 amide bonds. The van der Waals surface area contributed by atoms with Crippen molar-refractivity contribution in [2.45, 2.75) is 12.8 Å². The van der Waals surface area contributed by atoms with E-state index in [1.54, 1.807) is 12.1 Å². The molecular formula is C10H8N2O. The second-order valence-corrected chi connectivity index (χ2v) is 2.99. The molecule has 0 spiro atoms. The number of benzene rings is 1. The molecule has 3 heteroatoms. The van der Waals surface area contributed by atoms with E-state index in [0.717, 1.165) is 11.3 Å². The summed E-state index contributed by atoms with van der Waals surface area (Å²) in [5.74, 6) is 0.0302. The molecule has 0 bridgehead atoms. The highest BCUT2D eigenvalue weighted by atomic mass is 16.1. The van der Waals surface area contributed by atoms with E-state index in [2.05, 4.69) is 11.4 Å². The molecule has 0 unspecified atom stereocenters. The minimum Gasteiger partial charge on any atom is -0.326 e. The van der Waals surface area contributed by atoms with Gasteiger partial charge in [-0.2, -0.15) is 5.26 Å². The van der Waals surface area contributed by atoms with Crippen LogP contribution in [0.15, 0.2) is 18.2 Å². The zero-order valence-electron chi connectivity index (χ0n) is 7.00. The highest BCUT2D eigenvalue weighted by Crippen LogP contribution is 2.24. The lowest BCUT2D eigenvalue weighted by molar-refractivity contribution is -0.116. The van der Waals surface area contributed by atoms with E-state index in [9.17, 15) is 4.79 Å². The summed E-state index contributed by atoms with van der Waals surface area (Å²) in [6, 6.07) is 7.50. The molecule has 0 radical (unpaired) electrons. The molecule has 1 aromatic rings. The lowest BCUT2D eigenvalue weighted by Crippen LogP contribution is -2.19. The van der Waals surface area contributed by atoms with Crippen LogP contribution in [0.25, 0.3) is 0 Å².